The number of benzene rings is 1. The maximum Gasteiger partial charge on any atom is 0.242 e. The molecule has 0 spiro atoms. The van der Waals surface area contributed by atoms with E-state index in [1.165, 1.54) is 4.31 Å². The van der Waals surface area contributed by atoms with E-state index in [0.717, 1.165) is 17.5 Å². The van der Waals surface area contributed by atoms with Crippen molar-refractivity contribution in [1.29, 1.82) is 0 Å². The van der Waals surface area contributed by atoms with Crippen molar-refractivity contribution in [1.82, 2.24) is 4.31 Å². The average Bonchev–Trinajstić information content (AvgIpc) is 2.36. The van der Waals surface area contributed by atoms with Gasteiger partial charge in [0.15, 0.2) is 0 Å². The fourth-order valence-corrected chi connectivity index (χ4v) is 3.48. The molecule has 0 saturated heterocycles. The van der Waals surface area contributed by atoms with Gasteiger partial charge in [0.2, 0.25) is 10.0 Å². The van der Waals surface area contributed by atoms with Crippen LogP contribution in [-0.2, 0) is 23.0 Å². The van der Waals surface area contributed by atoms with Gasteiger partial charge in [0, 0.05) is 20.1 Å². The van der Waals surface area contributed by atoms with Crippen LogP contribution < -0.4 is 5.73 Å². The molecule has 2 N–H and O–H groups in total. The van der Waals surface area contributed by atoms with Crippen molar-refractivity contribution >= 4 is 10.0 Å². The van der Waals surface area contributed by atoms with Crippen LogP contribution in [0.3, 0.4) is 0 Å². The summed E-state index contributed by atoms with van der Waals surface area (Å²) in [5, 5.41) is 0. The van der Waals surface area contributed by atoms with E-state index in [1.807, 2.05) is 26.8 Å². The van der Waals surface area contributed by atoms with E-state index in [2.05, 4.69) is 0 Å². The van der Waals surface area contributed by atoms with Crippen LogP contribution in [0.2, 0.25) is 0 Å². The van der Waals surface area contributed by atoms with Gasteiger partial charge in [0.25, 0.3) is 0 Å². The molecule has 0 amide bonds. The van der Waals surface area contributed by atoms with Crippen LogP contribution in [0.1, 0.15) is 31.9 Å². The van der Waals surface area contributed by atoms with Gasteiger partial charge < -0.3 is 5.73 Å². The summed E-state index contributed by atoms with van der Waals surface area (Å²) in [5.74, 6) is 0.295. The van der Waals surface area contributed by atoms with Gasteiger partial charge in [0.05, 0.1) is 4.90 Å². The van der Waals surface area contributed by atoms with Crippen LogP contribution >= 0.6 is 0 Å². The molecule has 0 aliphatic carbocycles. The van der Waals surface area contributed by atoms with E-state index in [4.69, 9.17) is 5.73 Å². The molecule has 0 aromatic heterocycles. The van der Waals surface area contributed by atoms with E-state index >= 15 is 0 Å². The summed E-state index contributed by atoms with van der Waals surface area (Å²) in [6.07, 6.45) is 0.856. The van der Waals surface area contributed by atoms with Gasteiger partial charge in [0.1, 0.15) is 0 Å². The molecule has 0 aliphatic rings. The Morgan fingerprint density at radius 1 is 1.26 bits per heavy atom. The minimum atomic E-state index is -3.41. The number of nitrogens with two attached hydrogens (primary N) is 1. The molecular weight excluding hydrogens is 260 g/mol. The molecule has 1 aromatic carbocycles. The molecule has 0 atom stereocenters. The van der Waals surface area contributed by atoms with Gasteiger partial charge in [-0.25, -0.2) is 12.7 Å². The van der Waals surface area contributed by atoms with Gasteiger partial charge in [-0.15, -0.1) is 0 Å². The number of sulfonamides is 1. The molecule has 0 heterocycles. The molecule has 0 saturated carbocycles. The van der Waals surface area contributed by atoms with E-state index in [1.54, 1.807) is 19.2 Å². The van der Waals surface area contributed by atoms with Crippen LogP contribution in [0.15, 0.2) is 23.1 Å². The highest BCUT2D eigenvalue weighted by Gasteiger charge is 2.22. The Bertz CT molecular complexity index is 524. The molecule has 5 heteroatoms. The fourth-order valence-electron chi connectivity index (χ4n) is 2.09. The maximum atomic E-state index is 12.4. The van der Waals surface area contributed by atoms with Gasteiger partial charge in [-0.3, -0.25) is 0 Å². The number of hydrogen-bond acceptors (Lipinski definition) is 3. The first-order valence-electron chi connectivity index (χ1n) is 6.61. The molecule has 19 heavy (non-hydrogen) atoms. The Labute approximate surface area is 116 Å². The quantitative estimate of drug-likeness (QED) is 0.869. The predicted octanol–water partition coefficient (Wildman–Crippen LogP) is 1.98. The zero-order valence-electron chi connectivity index (χ0n) is 12.2. The molecule has 0 fully saturated rings. The highest BCUT2D eigenvalue weighted by molar-refractivity contribution is 7.89. The molecule has 0 radical (unpaired) electrons. The Kier molecular flexibility index (Phi) is 5.52. The summed E-state index contributed by atoms with van der Waals surface area (Å²) >= 11 is 0. The molecule has 0 unspecified atom stereocenters. The van der Waals surface area contributed by atoms with Crippen LogP contribution in [0, 0.1) is 5.92 Å². The minimum absolute atomic E-state index is 0.295. The zero-order chi connectivity index (χ0) is 14.6. The van der Waals surface area contributed by atoms with Crippen LogP contribution in [-0.4, -0.2) is 26.3 Å². The summed E-state index contributed by atoms with van der Waals surface area (Å²) in [7, 11) is -1.80. The van der Waals surface area contributed by atoms with E-state index in [0.29, 0.717) is 23.9 Å². The van der Waals surface area contributed by atoms with Crippen molar-refractivity contribution in [3.8, 4) is 0 Å². The largest absolute Gasteiger partial charge is 0.326 e. The monoisotopic (exact) mass is 284 g/mol. The van der Waals surface area contributed by atoms with Crippen LogP contribution in [0.25, 0.3) is 0 Å². The van der Waals surface area contributed by atoms with Crippen molar-refractivity contribution in [3.05, 3.63) is 29.3 Å². The summed E-state index contributed by atoms with van der Waals surface area (Å²) < 4.78 is 26.2. The third kappa shape index (κ3) is 3.78. The molecule has 0 bridgehead atoms. The first-order chi connectivity index (χ1) is 8.82. The molecule has 4 nitrogen and oxygen atoms in total. The molecule has 1 aromatic rings. The number of aryl methyl sites for hydroxylation is 1. The summed E-state index contributed by atoms with van der Waals surface area (Å²) in [6.45, 7) is 6.90. The minimum Gasteiger partial charge on any atom is -0.326 e. The van der Waals surface area contributed by atoms with Crippen molar-refractivity contribution in [3.63, 3.8) is 0 Å². The lowest BCUT2D eigenvalue weighted by atomic mass is 10.1. The molecule has 1 rings (SSSR count). The highest BCUT2D eigenvalue weighted by atomic mass is 32.2. The SMILES string of the molecule is CCc1ccc(S(=O)(=O)N(C)CC(C)C)cc1CN. The number of nitrogens with zero attached hydrogens (tertiary/aromatic N) is 1. The van der Waals surface area contributed by atoms with Gasteiger partial charge in [-0.05, 0) is 35.6 Å². The highest BCUT2D eigenvalue weighted by Crippen LogP contribution is 2.20. The number of hydrogen-bond donors (Lipinski definition) is 1. The Morgan fingerprint density at radius 3 is 2.37 bits per heavy atom. The van der Waals surface area contributed by atoms with Gasteiger partial charge >= 0.3 is 0 Å². The maximum absolute atomic E-state index is 12.4. The van der Waals surface area contributed by atoms with Crippen molar-refractivity contribution in [2.45, 2.75) is 38.6 Å². The third-order valence-electron chi connectivity index (χ3n) is 3.11. The lowest BCUT2D eigenvalue weighted by Crippen LogP contribution is -2.30. The molecule has 108 valence electrons. The number of rotatable bonds is 6. The van der Waals surface area contributed by atoms with E-state index in [9.17, 15) is 8.42 Å². The first kappa shape index (κ1) is 16.1. The summed E-state index contributed by atoms with van der Waals surface area (Å²) in [5.41, 5.74) is 7.70. The van der Waals surface area contributed by atoms with Crippen molar-refractivity contribution in [2.24, 2.45) is 11.7 Å². The van der Waals surface area contributed by atoms with Crippen LogP contribution in [0.5, 0.6) is 0 Å². The van der Waals surface area contributed by atoms with Crippen molar-refractivity contribution < 1.29 is 8.42 Å². The molecule has 0 aliphatic heterocycles. The predicted molar refractivity (Wildman–Crippen MR) is 78.4 cm³/mol. The normalized spacial score (nSPS) is 12.4. The van der Waals surface area contributed by atoms with Gasteiger partial charge in [-0.2, -0.15) is 0 Å². The Morgan fingerprint density at radius 2 is 1.89 bits per heavy atom. The average molecular weight is 284 g/mol. The Hall–Kier alpha value is -0.910. The smallest absolute Gasteiger partial charge is 0.242 e. The fraction of sp³-hybridized carbons (Fsp3) is 0.571. The first-order valence-corrected chi connectivity index (χ1v) is 8.05. The Balaban J connectivity index is 3.15. The standard InChI is InChI=1S/C14H24N2O2S/c1-5-12-6-7-14(8-13(12)9-15)19(17,18)16(4)10-11(2)3/h6-8,11H,5,9-10,15H2,1-4H3. The summed E-state index contributed by atoms with van der Waals surface area (Å²) in [4.78, 5) is 0.327. The lowest BCUT2D eigenvalue weighted by Gasteiger charge is -2.20. The molecular formula is C14H24N2O2S. The van der Waals surface area contributed by atoms with Crippen LogP contribution in [0.4, 0.5) is 0 Å². The second kappa shape index (κ2) is 6.50. The van der Waals surface area contributed by atoms with Gasteiger partial charge in [-0.1, -0.05) is 26.8 Å². The third-order valence-corrected chi connectivity index (χ3v) is 4.93. The second-order valence-electron chi connectivity index (χ2n) is 5.17. The second-order valence-corrected chi connectivity index (χ2v) is 7.21. The van der Waals surface area contributed by atoms with Crippen molar-refractivity contribution in [2.75, 3.05) is 13.6 Å². The zero-order valence-corrected chi connectivity index (χ0v) is 13.0. The topological polar surface area (TPSA) is 63.4 Å². The van der Waals surface area contributed by atoms with E-state index in [-0.39, 0.29) is 0 Å². The van der Waals surface area contributed by atoms with E-state index < -0.39 is 10.0 Å². The lowest BCUT2D eigenvalue weighted by molar-refractivity contribution is 0.417. The summed E-state index contributed by atoms with van der Waals surface area (Å²) in [6, 6.07) is 5.23.